The van der Waals surface area contributed by atoms with Gasteiger partial charge in [-0.3, -0.25) is 4.90 Å². The molecule has 0 amide bonds. The van der Waals surface area contributed by atoms with E-state index < -0.39 is 9.84 Å². The Labute approximate surface area is 127 Å². The Morgan fingerprint density at radius 2 is 2.10 bits per heavy atom. The topological polar surface area (TPSA) is 37.4 Å². The first kappa shape index (κ1) is 16.4. The summed E-state index contributed by atoms with van der Waals surface area (Å²) in [6.07, 6.45) is 1.53. The summed E-state index contributed by atoms with van der Waals surface area (Å²) < 4.78 is 37.1. The van der Waals surface area contributed by atoms with E-state index in [1.807, 2.05) is 6.07 Å². The van der Waals surface area contributed by atoms with Crippen molar-refractivity contribution in [1.29, 1.82) is 0 Å². The molecule has 1 heterocycles. The predicted molar refractivity (Wildman–Crippen MR) is 83.6 cm³/mol. The van der Waals surface area contributed by atoms with E-state index in [2.05, 4.69) is 11.8 Å². The number of halogens is 1. The molecule has 5 heteroatoms. The fourth-order valence-electron chi connectivity index (χ4n) is 2.85. The van der Waals surface area contributed by atoms with Crippen LogP contribution in [0.5, 0.6) is 0 Å². The smallest absolute Gasteiger partial charge is 0.152 e. The summed E-state index contributed by atoms with van der Waals surface area (Å²) in [5.74, 6) is 0.0222. The fourth-order valence-corrected chi connectivity index (χ4v) is 3.85. The van der Waals surface area contributed by atoms with Gasteiger partial charge in [-0.05, 0) is 63.4 Å². The van der Waals surface area contributed by atoms with Gasteiger partial charge in [0, 0.05) is 12.6 Å². The lowest BCUT2D eigenvalue weighted by molar-refractivity contribution is 0.199. The van der Waals surface area contributed by atoms with Crippen molar-refractivity contribution in [2.24, 2.45) is 0 Å². The Morgan fingerprint density at radius 3 is 2.76 bits per heavy atom. The van der Waals surface area contributed by atoms with Gasteiger partial charge < -0.3 is 0 Å². The van der Waals surface area contributed by atoms with E-state index in [0.717, 1.165) is 25.1 Å². The number of fused-ring (bicyclic) bond motifs is 1. The minimum Gasteiger partial charge on any atom is -0.296 e. The van der Waals surface area contributed by atoms with Crippen molar-refractivity contribution in [3.05, 3.63) is 35.1 Å². The lowest BCUT2D eigenvalue weighted by atomic mass is 9.93. The summed E-state index contributed by atoms with van der Waals surface area (Å²) in [6, 6.07) is 5.13. The van der Waals surface area contributed by atoms with Crippen molar-refractivity contribution in [3.63, 3.8) is 0 Å². The van der Waals surface area contributed by atoms with Crippen LogP contribution in [0.2, 0.25) is 0 Å². The molecule has 1 aliphatic heterocycles. The van der Waals surface area contributed by atoms with Crippen LogP contribution in [-0.4, -0.2) is 37.4 Å². The van der Waals surface area contributed by atoms with Gasteiger partial charge in [-0.2, -0.15) is 0 Å². The SMILES string of the molecule is CC(C)S(=O)(=O)CCCN1CCc2ccc(F)cc2[C@H]1C. The van der Waals surface area contributed by atoms with Crippen LogP contribution in [0.4, 0.5) is 4.39 Å². The van der Waals surface area contributed by atoms with Crippen LogP contribution in [0.1, 0.15) is 44.4 Å². The van der Waals surface area contributed by atoms with E-state index >= 15 is 0 Å². The van der Waals surface area contributed by atoms with Gasteiger partial charge >= 0.3 is 0 Å². The van der Waals surface area contributed by atoms with Gasteiger partial charge in [-0.1, -0.05) is 6.07 Å². The molecule has 0 aromatic heterocycles. The maximum atomic E-state index is 13.4. The van der Waals surface area contributed by atoms with Crippen LogP contribution >= 0.6 is 0 Å². The fraction of sp³-hybridized carbons (Fsp3) is 0.625. The summed E-state index contributed by atoms with van der Waals surface area (Å²) in [5, 5.41) is -0.314. The van der Waals surface area contributed by atoms with Crippen molar-refractivity contribution >= 4 is 9.84 Å². The standard InChI is InChI=1S/C16H24FNO2S/c1-12(2)21(19,20)10-4-8-18-9-7-14-5-6-15(17)11-16(14)13(18)3/h5-6,11-13H,4,7-10H2,1-3H3/t13-/m1/s1. The summed E-state index contributed by atoms with van der Waals surface area (Å²) >= 11 is 0. The van der Waals surface area contributed by atoms with Crippen LogP contribution in [0.15, 0.2) is 18.2 Å². The Morgan fingerprint density at radius 1 is 1.38 bits per heavy atom. The van der Waals surface area contributed by atoms with Crippen molar-refractivity contribution in [2.75, 3.05) is 18.8 Å². The summed E-state index contributed by atoms with van der Waals surface area (Å²) in [6.45, 7) is 7.15. The predicted octanol–water partition coefficient (Wildman–Crippen LogP) is 2.96. The second-order valence-corrected chi connectivity index (χ2v) is 8.75. The molecule has 2 rings (SSSR count). The third-order valence-corrected chi connectivity index (χ3v) is 6.66. The molecular formula is C16H24FNO2S. The third kappa shape index (κ3) is 3.83. The maximum Gasteiger partial charge on any atom is 0.152 e. The molecule has 0 radical (unpaired) electrons. The van der Waals surface area contributed by atoms with Crippen molar-refractivity contribution in [3.8, 4) is 0 Å². The highest BCUT2D eigenvalue weighted by Gasteiger charge is 2.24. The van der Waals surface area contributed by atoms with Gasteiger partial charge in [0.05, 0.1) is 11.0 Å². The molecule has 1 aromatic rings. The first-order valence-electron chi connectivity index (χ1n) is 7.55. The van der Waals surface area contributed by atoms with Gasteiger partial charge in [-0.15, -0.1) is 0 Å². The number of nitrogens with zero attached hydrogens (tertiary/aromatic N) is 1. The second-order valence-electron chi connectivity index (χ2n) is 6.07. The lowest BCUT2D eigenvalue weighted by Gasteiger charge is -2.35. The van der Waals surface area contributed by atoms with Crippen LogP contribution in [0.3, 0.4) is 0 Å². The summed E-state index contributed by atoms with van der Waals surface area (Å²) in [7, 11) is -2.97. The number of sulfone groups is 1. The molecular weight excluding hydrogens is 289 g/mol. The zero-order valence-corrected chi connectivity index (χ0v) is 13.8. The zero-order chi connectivity index (χ0) is 15.6. The zero-order valence-electron chi connectivity index (χ0n) is 13.0. The van der Waals surface area contributed by atoms with E-state index in [-0.39, 0.29) is 22.9 Å². The second kappa shape index (κ2) is 6.44. The van der Waals surface area contributed by atoms with Crippen LogP contribution in [0.25, 0.3) is 0 Å². The number of benzene rings is 1. The Bertz CT molecular complexity index is 598. The number of hydrogen-bond acceptors (Lipinski definition) is 3. The third-order valence-electron chi connectivity index (χ3n) is 4.37. The molecule has 0 unspecified atom stereocenters. The molecule has 0 bridgehead atoms. The lowest BCUT2D eigenvalue weighted by Crippen LogP contribution is -2.35. The molecule has 1 aliphatic rings. The first-order chi connectivity index (χ1) is 9.81. The number of rotatable bonds is 5. The van der Waals surface area contributed by atoms with E-state index in [1.165, 1.54) is 11.6 Å². The van der Waals surface area contributed by atoms with Gasteiger partial charge in [-0.25, -0.2) is 12.8 Å². The van der Waals surface area contributed by atoms with Gasteiger partial charge in [0.2, 0.25) is 0 Å². The van der Waals surface area contributed by atoms with E-state index in [9.17, 15) is 12.8 Å². The molecule has 0 spiro atoms. The Kier molecular flexibility index (Phi) is 5.04. The molecule has 0 aliphatic carbocycles. The summed E-state index contributed by atoms with van der Waals surface area (Å²) in [5.41, 5.74) is 2.24. The molecule has 0 fully saturated rings. The minimum atomic E-state index is -2.97. The van der Waals surface area contributed by atoms with Crippen LogP contribution in [-0.2, 0) is 16.3 Å². The summed E-state index contributed by atoms with van der Waals surface area (Å²) in [4.78, 5) is 2.25. The number of hydrogen-bond donors (Lipinski definition) is 0. The molecule has 0 saturated carbocycles. The quantitative estimate of drug-likeness (QED) is 0.839. The molecule has 21 heavy (non-hydrogen) atoms. The van der Waals surface area contributed by atoms with Gasteiger partial charge in [0.15, 0.2) is 9.84 Å². The van der Waals surface area contributed by atoms with Crippen molar-refractivity contribution in [1.82, 2.24) is 4.90 Å². The van der Waals surface area contributed by atoms with Crippen LogP contribution in [0, 0.1) is 5.82 Å². The Hall–Kier alpha value is -0.940. The molecule has 118 valence electrons. The van der Waals surface area contributed by atoms with E-state index in [1.54, 1.807) is 19.9 Å². The van der Waals surface area contributed by atoms with Gasteiger partial charge in [0.1, 0.15) is 5.82 Å². The Balaban J connectivity index is 1.98. The normalized spacial score (nSPS) is 19.8. The van der Waals surface area contributed by atoms with E-state index in [4.69, 9.17) is 0 Å². The maximum absolute atomic E-state index is 13.4. The highest BCUT2D eigenvalue weighted by atomic mass is 32.2. The average Bonchev–Trinajstić information content (AvgIpc) is 2.41. The molecule has 3 nitrogen and oxygen atoms in total. The van der Waals surface area contributed by atoms with E-state index in [0.29, 0.717) is 6.42 Å². The monoisotopic (exact) mass is 313 g/mol. The highest BCUT2D eigenvalue weighted by Crippen LogP contribution is 2.29. The molecule has 1 aromatic carbocycles. The highest BCUT2D eigenvalue weighted by molar-refractivity contribution is 7.91. The molecule has 0 N–H and O–H groups in total. The minimum absolute atomic E-state index is 0.145. The first-order valence-corrected chi connectivity index (χ1v) is 9.27. The van der Waals surface area contributed by atoms with Crippen LogP contribution < -0.4 is 0 Å². The van der Waals surface area contributed by atoms with Crippen molar-refractivity contribution < 1.29 is 12.8 Å². The molecule has 1 atom stereocenters. The van der Waals surface area contributed by atoms with Gasteiger partial charge in [0.25, 0.3) is 0 Å². The molecule has 0 saturated heterocycles. The average molecular weight is 313 g/mol. The van der Waals surface area contributed by atoms with Crippen molar-refractivity contribution in [2.45, 2.75) is 44.9 Å². The largest absolute Gasteiger partial charge is 0.296 e.